The van der Waals surface area contributed by atoms with Gasteiger partial charge in [0.15, 0.2) is 0 Å². The molecule has 0 fully saturated rings. The summed E-state index contributed by atoms with van der Waals surface area (Å²) in [5.41, 5.74) is 8.21. The third-order valence-electron chi connectivity index (χ3n) is 4.14. The van der Waals surface area contributed by atoms with Crippen molar-refractivity contribution in [3.63, 3.8) is 0 Å². The van der Waals surface area contributed by atoms with E-state index in [4.69, 9.17) is 10.5 Å². The van der Waals surface area contributed by atoms with Gasteiger partial charge in [0.25, 0.3) is 0 Å². The number of halogens is 1. The number of benzene rings is 2. The van der Waals surface area contributed by atoms with Gasteiger partial charge < -0.3 is 21.1 Å². The molecule has 7 heteroatoms. The second-order valence-electron chi connectivity index (χ2n) is 5.98. The van der Waals surface area contributed by atoms with Gasteiger partial charge in [0.05, 0.1) is 19.1 Å². The van der Waals surface area contributed by atoms with E-state index in [2.05, 4.69) is 22.8 Å². The van der Waals surface area contributed by atoms with Gasteiger partial charge in [-0.15, -0.1) is 12.4 Å². The standard InChI is InChI=1S/C19H21N3O3.ClH/c20-18(23)9-10-25-16-7-5-15(6-8-16)22-19(24)17-11-13-3-1-2-4-14(13)12-21-17;/h1-8,17,21H,9-12H2,(H2,20,23)(H,22,24);1H. The lowest BCUT2D eigenvalue weighted by Crippen LogP contribution is -2.44. The van der Waals surface area contributed by atoms with Gasteiger partial charge >= 0.3 is 0 Å². The molecule has 0 spiro atoms. The zero-order chi connectivity index (χ0) is 17.6. The van der Waals surface area contributed by atoms with Gasteiger partial charge in [0.2, 0.25) is 11.8 Å². The molecule has 26 heavy (non-hydrogen) atoms. The first-order chi connectivity index (χ1) is 12.1. The normalized spacial score (nSPS) is 15.3. The van der Waals surface area contributed by atoms with E-state index in [9.17, 15) is 9.59 Å². The third kappa shape index (κ3) is 5.21. The number of primary amides is 1. The first-order valence-electron chi connectivity index (χ1n) is 8.24. The molecule has 0 saturated heterocycles. The number of ether oxygens (including phenoxy) is 1. The van der Waals surface area contributed by atoms with Crippen molar-refractivity contribution in [2.45, 2.75) is 25.4 Å². The Labute approximate surface area is 158 Å². The quantitative estimate of drug-likeness (QED) is 0.720. The van der Waals surface area contributed by atoms with Crippen molar-refractivity contribution in [2.24, 2.45) is 5.73 Å². The summed E-state index contributed by atoms with van der Waals surface area (Å²) < 4.78 is 5.41. The van der Waals surface area contributed by atoms with E-state index in [1.165, 1.54) is 11.1 Å². The largest absolute Gasteiger partial charge is 0.493 e. The number of nitrogens with two attached hydrogens (primary N) is 1. The van der Waals surface area contributed by atoms with Gasteiger partial charge in [0.1, 0.15) is 5.75 Å². The van der Waals surface area contributed by atoms with Crippen LogP contribution in [0.1, 0.15) is 17.5 Å². The summed E-state index contributed by atoms with van der Waals surface area (Å²) in [6.45, 7) is 0.938. The van der Waals surface area contributed by atoms with Crippen LogP contribution in [-0.4, -0.2) is 24.5 Å². The summed E-state index contributed by atoms with van der Waals surface area (Å²) in [7, 11) is 0. The second kappa shape index (κ2) is 9.22. The van der Waals surface area contributed by atoms with Crippen molar-refractivity contribution in [1.82, 2.24) is 5.32 Å². The molecule has 138 valence electrons. The minimum Gasteiger partial charge on any atom is -0.493 e. The molecule has 1 aliphatic heterocycles. The maximum atomic E-state index is 12.5. The molecular formula is C19H22ClN3O3. The van der Waals surface area contributed by atoms with Gasteiger partial charge in [-0.05, 0) is 41.8 Å². The Kier molecular flexibility index (Phi) is 7.00. The smallest absolute Gasteiger partial charge is 0.241 e. The number of amides is 2. The molecule has 2 aromatic carbocycles. The molecule has 3 rings (SSSR count). The summed E-state index contributed by atoms with van der Waals surface area (Å²) in [5, 5.41) is 6.18. The maximum absolute atomic E-state index is 12.5. The van der Waals surface area contributed by atoms with E-state index in [0.717, 1.165) is 0 Å². The van der Waals surface area contributed by atoms with E-state index >= 15 is 0 Å². The van der Waals surface area contributed by atoms with Gasteiger partial charge in [0, 0.05) is 12.2 Å². The van der Waals surface area contributed by atoms with Crippen molar-refractivity contribution in [3.8, 4) is 5.75 Å². The van der Waals surface area contributed by atoms with Gasteiger partial charge in [-0.3, -0.25) is 9.59 Å². The third-order valence-corrected chi connectivity index (χ3v) is 4.14. The Balaban J connectivity index is 0.00000243. The topological polar surface area (TPSA) is 93.5 Å². The fourth-order valence-corrected chi connectivity index (χ4v) is 2.77. The number of carbonyl (C=O) groups excluding carboxylic acids is 2. The fraction of sp³-hybridized carbons (Fsp3) is 0.263. The van der Waals surface area contributed by atoms with E-state index in [0.29, 0.717) is 24.4 Å². The molecule has 1 unspecified atom stereocenters. The van der Waals surface area contributed by atoms with Gasteiger partial charge in [-0.1, -0.05) is 24.3 Å². The summed E-state index contributed by atoms with van der Waals surface area (Å²) >= 11 is 0. The second-order valence-corrected chi connectivity index (χ2v) is 5.98. The van der Waals surface area contributed by atoms with Crippen LogP contribution in [0.2, 0.25) is 0 Å². The van der Waals surface area contributed by atoms with Crippen LogP contribution in [0.4, 0.5) is 5.69 Å². The monoisotopic (exact) mass is 375 g/mol. The highest BCUT2D eigenvalue weighted by Gasteiger charge is 2.23. The summed E-state index contributed by atoms with van der Waals surface area (Å²) in [6, 6.07) is 14.9. The number of hydrogen-bond acceptors (Lipinski definition) is 4. The molecule has 0 aromatic heterocycles. The van der Waals surface area contributed by atoms with E-state index < -0.39 is 5.91 Å². The molecule has 0 radical (unpaired) electrons. The number of nitrogens with one attached hydrogen (secondary N) is 2. The molecule has 1 aliphatic rings. The van der Waals surface area contributed by atoms with E-state index in [-0.39, 0.29) is 37.4 Å². The van der Waals surface area contributed by atoms with Crippen molar-refractivity contribution < 1.29 is 14.3 Å². The number of hydrogen-bond donors (Lipinski definition) is 3. The fourth-order valence-electron chi connectivity index (χ4n) is 2.77. The summed E-state index contributed by atoms with van der Waals surface area (Å²) in [6.07, 6.45) is 0.851. The predicted molar refractivity (Wildman–Crippen MR) is 102 cm³/mol. The molecule has 2 aromatic rings. The number of rotatable bonds is 6. The lowest BCUT2D eigenvalue weighted by atomic mass is 9.95. The number of anilines is 1. The zero-order valence-electron chi connectivity index (χ0n) is 14.2. The van der Waals surface area contributed by atoms with Gasteiger partial charge in [-0.25, -0.2) is 0 Å². The minimum atomic E-state index is -0.398. The predicted octanol–water partition coefficient (Wildman–Crippen LogP) is 2.02. The SMILES string of the molecule is Cl.NC(=O)CCOc1ccc(NC(=O)C2Cc3ccccc3CN2)cc1. The van der Waals surface area contributed by atoms with Crippen LogP contribution in [0.5, 0.6) is 5.75 Å². The van der Waals surface area contributed by atoms with Crippen LogP contribution in [0.25, 0.3) is 0 Å². The van der Waals surface area contributed by atoms with Gasteiger partial charge in [-0.2, -0.15) is 0 Å². The lowest BCUT2D eigenvalue weighted by molar-refractivity contribution is -0.119. The first kappa shape index (κ1) is 19.8. The highest BCUT2D eigenvalue weighted by atomic mass is 35.5. The minimum absolute atomic E-state index is 0. The van der Waals surface area contributed by atoms with Crippen LogP contribution in [0.15, 0.2) is 48.5 Å². The Morgan fingerprint density at radius 3 is 2.50 bits per heavy atom. The Bertz CT molecular complexity index is 765. The van der Waals surface area contributed by atoms with Crippen LogP contribution >= 0.6 is 12.4 Å². The zero-order valence-corrected chi connectivity index (χ0v) is 15.1. The van der Waals surface area contributed by atoms with Crippen LogP contribution in [-0.2, 0) is 22.6 Å². The maximum Gasteiger partial charge on any atom is 0.241 e. The highest BCUT2D eigenvalue weighted by Crippen LogP contribution is 2.19. The van der Waals surface area contributed by atoms with Crippen LogP contribution in [0.3, 0.4) is 0 Å². The van der Waals surface area contributed by atoms with Crippen molar-refractivity contribution >= 4 is 29.9 Å². The average Bonchev–Trinajstić information content (AvgIpc) is 2.62. The lowest BCUT2D eigenvalue weighted by Gasteiger charge is -2.25. The number of carbonyl (C=O) groups is 2. The molecule has 2 amide bonds. The summed E-state index contributed by atoms with van der Waals surface area (Å²) in [5.74, 6) is 0.173. The molecule has 4 N–H and O–H groups in total. The molecule has 0 saturated carbocycles. The van der Waals surface area contributed by atoms with Crippen molar-refractivity contribution in [3.05, 3.63) is 59.7 Å². The molecule has 6 nitrogen and oxygen atoms in total. The Morgan fingerprint density at radius 1 is 1.12 bits per heavy atom. The van der Waals surface area contributed by atoms with Crippen LogP contribution in [0, 0.1) is 0 Å². The van der Waals surface area contributed by atoms with E-state index in [1.807, 2.05) is 12.1 Å². The first-order valence-corrected chi connectivity index (χ1v) is 8.24. The number of fused-ring (bicyclic) bond motifs is 1. The Hall–Kier alpha value is -2.57. The van der Waals surface area contributed by atoms with Crippen molar-refractivity contribution in [1.29, 1.82) is 0 Å². The van der Waals surface area contributed by atoms with Crippen LogP contribution < -0.4 is 21.1 Å². The molecular weight excluding hydrogens is 354 g/mol. The Morgan fingerprint density at radius 2 is 1.81 bits per heavy atom. The molecule has 1 heterocycles. The highest BCUT2D eigenvalue weighted by molar-refractivity contribution is 5.95. The van der Waals surface area contributed by atoms with Crippen molar-refractivity contribution in [2.75, 3.05) is 11.9 Å². The average molecular weight is 376 g/mol. The molecule has 1 atom stereocenters. The molecule has 0 aliphatic carbocycles. The van der Waals surface area contributed by atoms with E-state index in [1.54, 1.807) is 24.3 Å². The molecule has 0 bridgehead atoms. The summed E-state index contributed by atoms with van der Waals surface area (Å²) in [4.78, 5) is 23.1.